The lowest BCUT2D eigenvalue weighted by atomic mass is 9.85. The van der Waals surface area contributed by atoms with Crippen molar-refractivity contribution in [3.05, 3.63) is 169 Å². The largest absolute Gasteiger partial charge is 0.507 e. The Kier molecular flexibility index (Phi) is 7.85. The standard InChI is InChI=1S/C46H37N3O/c1-46(2,3)38-22-23-43(50)39(30-38)45-44(33-18-11-6-12-19-33)42-21-13-20-41(49(42)48-45)37-27-35(32-16-9-5-10-17-32)26-36(28-37)40-29-34(24-25-47-40)31-14-7-4-8-15-31/h4-30,50H,1-3H3. The number of rotatable bonds is 6. The molecule has 0 saturated heterocycles. The Morgan fingerprint density at radius 2 is 1.14 bits per heavy atom. The molecule has 0 atom stereocenters. The summed E-state index contributed by atoms with van der Waals surface area (Å²) in [5.41, 5.74) is 13.8. The van der Waals surface area contributed by atoms with Crippen molar-refractivity contribution in [2.24, 2.45) is 0 Å². The molecule has 5 aromatic carbocycles. The topological polar surface area (TPSA) is 50.4 Å². The van der Waals surface area contributed by atoms with Crippen LogP contribution in [0, 0.1) is 0 Å². The fourth-order valence-corrected chi connectivity index (χ4v) is 6.68. The van der Waals surface area contributed by atoms with Crippen LogP contribution in [-0.2, 0) is 5.41 Å². The molecule has 0 unspecified atom stereocenters. The molecule has 1 N–H and O–H groups in total. The summed E-state index contributed by atoms with van der Waals surface area (Å²) in [6.07, 6.45) is 1.89. The number of phenolic OH excluding ortho intramolecular Hbond substituents is 1. The van der Waals surface area contributed by atoms with Crippen molar-refractivity contribution in [1.82, 2.24) is 14.6 Å². The van der Waals surface area contributed by atoms with E-state index >= 15 is 0 Å². The molecule has 242 valence electrons. The van der Waals surface area contributed by atoms with Gasteiger partial charge in [0.25, 0.3) is 0 Å². The average molecular weight is 648 g/mol. The number of hydrogen-bond acceptors (Lipinski definition) is 3. The number of aromatic nitrogens is 3. The van der Waals surface area contributed by atoms with Gasteiger partial charge in [0.15, 0.2) is 0 Å². The van der Waals surface area contributed by atoms with E-state index in [0.717, 1.165) is 72.7 Å². The van der Waals surface area contributed by atoms with E-state index in [1.54, 1.807) is 6.07 Å². The number of fused-ring (bicyclic) bond motifs is 1. The summed E-state index contributed by atoms with van der Waals surface area (Å²) < 4.78 is 2.03. The lowest BCUT2D eigenvalue weighted by Crippen LogP contribution is -2.10. The van der Waals surface area contributed by atoms with E-state index in [2.05, 4.69) is 136 Å². The number of hydrogen-bond donors (Lipinski definition) is 1. The molecular weight excluding hydrogens is 611 g/mol. The lowest BCUT2D eigenvalue weighted by Gasteiger charge is -2.20. The fourth-order valence-electron chi connectivity index (χ4n) is 6.68. The zero-order valence-electron chi connectivity index (χ0n) is 28.4. The third kappa shape index (κ3) is 5.86. The van der Waals surface area contributed by atoms with Gasteiger partial charge in [0.1, 0.15) is 11.4 Å². The Morgan fingerprint density at radius 1 is 0.520 bits per heavy atom. The Morgan fingerprint density at radius 3 is 1.82 bits per heavy atom. The van der Waals surface area contributed by atoms with Crippen molar-refractivity contribution in [2.75, 3.05) is 0 Å². The summed E-state index contributed by atoms with van der Waals surface area (Å²) in [6.45, 7) is 6.56. The molecule has 8 rings (SSSR count). The fraction of sp³-hybridized carbons (Fsp3) is 0.0870. The third-order valence-electron chi connectivity index (χ3n) is 9.34. The van der Waals surface area contributed by atoms with E-state index in [1.165, 1.54) is 0 Å². The summed E-state index contributed by atoms with van der Waals surface area (Å²) in [5, 5.41) is 16.6. The number of nitrogens with zero attached hydrogens (tertiary/aromatic N) is 3. The Bertz CT molecular complexity index is 2460. The first kappa shape index (κ1) is 31.0. The first-order valence-corrected chi connectivity index (χ1v) is 17.0. The maximum Gasteiger partial charge on any atom is 0.125 e. The number of benzene rings is 5. The van der Waals surface area contributed by atoms with E-state index in [9.17, 15) is 5.11 Å². The second kappa shape index (κ2) is 12.6. The molecule has 8 aromatic rings. The van der Waals surface area contributed by atoms with Gasteiger partial charge in [-0.05, 0) is 93.4 Å². The molecule has 0 spiro atoms. The predicted octanol–water partition coefficient (Wildman–Crippen LogP) is 11.7. The first-order valence-electron chi connectivity index (χ1n) is 17.0. The van der Waals surface area contributed by atoms with Crippen molar-refractivity contribution in [3.8, 4) is 72.9 Å². The predicted molar refractivity (Wildman–Crippen MR) is 206 cm³/mol. The highest BCUT2D eigenvalue weighted by Crippen LogP contribution is 2.42. The van der Waals surface area contributed by atoms with Crippen LogP contribution in [0.3, 0.4) is 0 Å². The van der Waals surface area contributed by atoms with Crippen LogP contribution in [0.15, 0.2) is 164 Å². The zero-order chi connectivity index (χ0) is 34.2. The van der Waals surface area contributed by atoms with Crippen molar-refractivity contribution in [1.29, 1.82) is 0 Å². The quantitative estimate of drug-likeness (QED) is 0.195. The Balaban J connectivity index is 1.37. The molecule has 4 nitrogen and oxygen atoms in total. The van der Waals surface area contributed by atoms with Crippen LogP contribution >= 0.6 is 0 Å². The van der Waals surface area contributed by atoms with Crippen LogP contribution in [0.25, 0.3) is 72.7 Å². The van der Waals surface area contributed by atoms with E-state index in [-0.39, 0.29) is 11.2 Å². The Hall–Kier alpha value is -6.26. The van der Waals surface area contributed by atoms with Gasteiger partial charge in [0.05, 0.1) is 16.9 Å². The van der Waals surface area contributed by atoms with E-state index in [1.807, 2.05) is 47.1 Å². The highest BCUT2D eigenvalue weighted by Gasteiger charge is 2.23. The summed E-state index contributed by atoms with van der Waals surface area (Å²) in [6, 6.07) is 54.3. The highest BCUT2D eigenvalue weighted by atomic mass is 16.3. The molecule has 0 amide bonds. The molecular formula is C46H37N3O. The van der Waals surface area contributed by atoms with Crippen LogP contribution in [0.5, 0.6) is 5.75 Å². The molecule has 0 saturated carbocycles. The maximum atomic E-state index is 11.3. The summed E-state index contributed by atoms with van der Waals surface area (Å²) in [5.74, 6) is 0.206. The first-order chi connectivity index (χ1) is 24.3. The average Bonchev–Trinajstić information content (AvgIpc) is 3.55. The van der Waals surface area contributed by atoms with E-state index < -0.39 is 0 Å². The molecule has 0 radical (unpaired) electrons. The summed E-state index contributed by atoms with van der Waals surface area (Å²) in [7, 11) is 0. The van der Waals surface area contributed by atoms with Gasteiger partial charge in [-0.15, -0.1) is 0 Å². The van der Waals surface area contributed by atoms with Gasteiger partial charge in [-0.2, -0.15) is 5.10 Å². The molecule has 0 aliphatic heterocycles. The van der Waals surface area contributed by atoms with Crippen LogP contribution in [-0.4, -0.2) is 19.7 Å². The molecule has 3 aromatic heterocycles. The Labute approximate surface area is 293 Å². The molecule has 3 heterocycles. The van der Waals surface area contributed by atoms with Crippen molar-refractivity contribution < 1.29 is 5.11 Å². The monoisotopic (exact) mass is 647 g/mol. The lowest BCUT2D eigenvalue weighted by molar-refractivity contribution is 0.476. The minimum atomic E-state index is -0.0974. The smallest absolute Gasteiger partial charge is 0.125 e. The second-order valence-electron chi connectivity index (χ2n) is 13.7. The van der Waals surface area contributed by atoms with E-state index in [0.29, 0.717) is 5.56 Å². The van der Waals surface area contributed by atoms with Crippen LogP contribution in [0.2, 0.25) is 0 Å². The van der Waals surface area contributed by atoms with Crippen molar-refractivity contribution in [2.45, 2.75) is 26.2 Å². The molecule has 0 bridgehead atoms. The number of phenols is 1. The third-order valence-corrected chi connectivity index (χ3v) is 9.34. The highest BCUT2D eigenvalue weighted by molar-refractivity contribution is 5.95. The molecule has 50 heavy (non-hydrogen) atoms. The molecule has 0 aliphatic rings. The summed E-state index contributed by atoms with van der Waals surface area (Å²) in [4.78, 5) is 4.85. The van der Waals surface area contributed by atoms with Crippen LogP contribution in [0.4, 0.5) is 0 Å². The van der Waals surface area contributed by atoms with E-state index in [4.69, 9.17) is 10.1 Å². The van der Waals surface area contributed by atoms with Gasteiger partial charge in [-0.25, -0.2) is 4.52 Å². The molecule has 0 fully saturated rings. The molecule has 0 aliphatic carbocycles. The summed E-state index contributed by atoms with van der Waals surface area (Å²) >= 11 is 0. The van der Waals surface area contributed by atoms with Gasteiger partial charge < -0.3 is 5.11 Å². The van der Waals surface area contributed by atoms with Gasteiger partial charge in [-0.1, -0.05) is 124 Å². The maximum absolute atomic E-state index is 11.3. The number of pyridine rings is 2. The minimum Gasteiger partial charge on any atom is -0.507 e. The van der Waals surface area contributed by atoms with Crippen molar-refractivity contribution >= 4 is 5.52 Å². The van der Waals surface area contributed by atoms with Crippen LogP contribution in [0.1, 0.15) is 26.3 Å². The SMILES string of the molecule is CC(C)(C)c1ccc(O)c(-c2nn3c(-c4cc(-c5ccccc5)cc(-c5cc(-c6ccccc6)ccn5)c4)cccc3c2-c2ccccc2)c1. The van der Waals surface area contributed by atoms with Gasteiger partial charge >= 0.3 is 0 Å². The zero-order valence-corrected chi connectivity index (χ0v) is 28.4. The minimum absolute atomic E-state index is 0.0974. The normalized spacial score (nSPS) is 11.6. The van der Waals surface area contributed by atoms with Crippen molar-refractivity contribution in [3.63, 3.8) is 0 Å². The number of aromatic hydroxyl groups is 1. The van der Waals surface area contributed by atoms with Gasteiger partial charge in [-0.3, -0.25) is 4.98 Å². The second-order valence-corrected chi connectivity index (χ2v) is 13.7. The van der Waals surface area contributed by atoms with Gasteiger partial charge in [0, 0.05) is 28.5 Å². The molecule has 4 heteroatoms. The van der Waals surface area contributed by atoms with Gasteiger partial charge in [0.2, 0.25) is 0 Å². The van der Waals surface area contributed by atoms with Crippen LogP contribution < -0.4 is 0 Å².